The number of benzene rings is 2. The van der Waals surface area contributed by atoms with Crippen LogP contribution in [0.15, 0.2) is 46.7 Å². The van der Waals surface area contributed by atoms with Gasteiger partial charge in [-0.15, -0.1) is 0 Å². The molecule has 0 amide bonds. The molecule has 0 saturated heterocycles. The third kappa shape index (κ3) is 1.81. The van der Waals surface area contributed by atoms with E-state index in [0.717, 1.165) is 0 Å². The van der Waals surface area contributed by atoms with Crippen LogP contribution in [0.4, 0.5) is 5.69 Å². The number of hydrogen-bond acceptors (Lipinski definition) is 4. The Labute approximate surface area is 90.0 Å². The Morgan fingerprint density at radius 2 is 1.81 bits per heavy atom. The smallest absolute Gasteiger partial charge is 0.211 e. The van der Waals surface area contributed by atoms with Crippen LogP contribution in [0.3, 0.4) is 0 Å². The molecule has 16 heavy (non-hydrogen) atoms. The van der Waals surface area contributed by atoms with Crippen LogP contribution in [0.5, 0.6) is 5.75 Å². The van der Waals surface area contributed by atoms with Crippen molar-refractivity contribution in [1.29, 1.82) is 0 Å². The molecule has 2 rings (SSSR count). The van der Waals surface area contributed by atoms with Gasteiger partial charge in [0.2, 0.25) is 5.69 Å². The zero-order chi connectivity index (χ0) is 11.5. The summed E-state index contributed by atoms with van der Waals surface area (Å²) in [5, 5.41) is 26.3. The molecule has 0 fully saturated rings. The van der Waals surface area contributed by atoms with Crippen molar-refractivity contribution in [3.05, 3.63) is 46.5 Å². The molecule has 6 heteroatoms. The zero-order valence-corrected chi connectivity index (χ0v) is 8.07. The summed E-state index contributed by atoms with van der Waals surface area (Å²) >= 11 is 0. The topological polar surface area (TPSA) is 88.1 Å². The maximum absolute atomic E-state index is 10.1. The molecule has 0 radical (unpaired) electrons. The summed E-state index contributed by atoms with van der Waals surface area (Å²) in [5.41, 5.74) is 0.352. The van der Waals surface area contributed by atoms with Crippen molar-refractivity contribution in [2.24, 2.45) is 10.3 Å². The van der Waals surface area contributed by atoms with Gasteiger partial charge in [-0.05, 0) is 18.2 Å². The molecule has 6 nitrogen and oxygen atoms in total. The number of nitrogens with zero attached hydrogens (tertiary/aromatic N) is 3. The summed E-state index contributed by atoms with van der Waals surface area (Å²) in [5.74, 6) is 0.107. The van der Waals surface area contributed by atoms with Crippen LogP contribution in [0.1, 0.15) is 0 Å². The van der Waals surface area contributed by atoms with Gasteiger partial charge in [0.25, 0.3) is 0 Å². The molecule has 0 aliphatic rings. The van der Waals surface area contributed by atoms with Crippen LogP contribution >= 0.6 is 0 Å². The third-order valence-corrected chi connectivity index (χ3v) is 2.10. The van der Waals surface area contributed by atoms with Crippen molar-refractivity contribution in [3.63, 3.8) is 0 Å². The van der Waals surface area contributed by atoms with E-state index in [-0.39, 0.29) is 5.75 Å². The Kier molecular flexibility index (Phi) is 2.47. The first kappa shape index (κ1) is 10.0. The van der Waals surface area contributed by atoms with Crippen LogP contribution in [0, 0.1) is 10.1 Å². The lowest BCUT2D eigenvalue weighted by molar-refractivity contribution is -0.493. The molecule has 0 aliphatic carbocycles. The van der Waals surface area contributed by atoms with Crippen LogP contribution < -0.4 is 0 Å². The molecule has 2 aromatic rings. The number of phenolic OH excluding ortho intramolecular Hbond substituents is 1. The maximum atomic E-state index is 10.1. The Morgan fingerprint density at radius 1 is 1.12 bits per heavy atom. The minimum absolute atomic E-state index is 0.107. The lowest BCUT2D eigenvalue weighted by Crippen LogP contribution is -1.81. The fraction of sp³-hybridized carbons (Fsp3) is 0. The van der Waals surface area contributed by atoms with Crippen molar-refractivity contribution in [2.75, 3.05) is 0 Å². The van der Waals surface area contributed by atoms with Crippen molar-refractivity contribution in [1.82, 2.24) is 0 Å². The van der Waals surface area contributed by atoms with Gasteiger partial charge in [0.05, 0.1) is 10.1 Å². The second-order valence-corrected chi connectivity index (χ2v) is 3.08. The molecule has 0 aliphatic heterocycles. The highest BCUT2D eigenvalue weighted by Crippen LogP contribution is 2.32. The van der Waals surface area contributed by atoms with E-state index in [4.69, 9.17) is 0 Å². The summed E-state index contributed by atoms with van der Waals surface area (Å²) in [6.07, 6.45) is 0. The minimum atomic E-state index is -0.873. The van der Waals surface area contributed by atoms with E-state index in [0.29, 0.717) is 16.5 Å². The van der Waals surface area contributed by atoms with Gasteiger partial charge in [-0.1, -0.05) is 18.2 Å². The molecule has 0 unspecified atom stereocenters. The molecule has 0 aromatic heterocycles. The zero-order valence-electron chi connectivity index (χ0n) is 8.07. The predicted octanol–water partition coefficient (Wildman–Crippen LogP) is 2.82. The van der Waals surface area contributed by atoms with Crippen molar-refractivity contribution >= 4 is 16.5 Å². The first-order valence-corrected chi connectivity index (χ1v) is 4.45. The second kappa shape index (κ2) is 3.93. The van der Waals surface area contributed by atoms with Crippen molar-refractivity contribution in [2.45, 2.75) is 0 Å². The lowest BCUT2D eigenvalue weighted by atomic mass is 10.1. The van der Waals surface area contributed by atoms with E-state index >= 15 is 0 Å². The highest BCUT2D eigenvalue weighted by atomic mass is 16.7. The number of nitro groups is 1. The maximum Gasteiger partial charge on any atom is 0.211 e. The van der Waals surface area contributed by atoms with E-state index in [1.165, 1.54) is 12.1 Å². The lowest BCUT2D eigenvalue weighted by Gasteiger charge is -1.99. The number of phenols is 1. The summed E-state index contributed by atoms with van der Waals surface area (Å²) in [4.78, 5) is 10.1. The van der Waals surface area contributed by atoms with E-state index in [2.05, 4.69) is 10.3 Å². The largest absolute Gasteiger partial charge is 0.507 e. The average Bonchev–Trinajstić information content (AvgIpc) is 2.28. The summed E-state index contributed by atoms with van der Waals surface area (Å²) < 4.78 is 0. The van der Waals surface area contributed by atoms with Crippen LogP contribution in [0.2, 0.25) is 0 Å². The molecule has 0 bridgehead atoms. The Bertz CT molecular complexity index is 581. The molecule has 0 spiro atoms. The van der Waals surface area contributed by atoms with Gasteiger partial charge in [-0.3, -0.25) is 0 Å². The number of hydrogen-bond donors (Lipinski definition) is 1. The second-order valence-electron chi connectivity index (χ2n) is 3.08. The molecule has 0 atom stereocenters. The van der Waals surface area contributed by atoms with Gasteiger partial charge < -0.3 is 15.2 Å². The molecule has 0 heterocycles. The first-order valence-electron chi connectivity index (χ1n) is 4.45. The first-order chi connectivity index (χ1) is 7.68. The number of rotatable bonds is 2. The summed E-state index contributed by atoms with van der Waals surface area (Å²) in [6, 6.07) is 9.84. The summed E-state index contributed by atoms with van der Waals surface area (Å²) in [7, 11) is 0. The third-order valence-electron chi connectivity index (χ3n) is 2.10. The van der Waals surface area contributed by atoms with Gasteiger partial charge in [-0.2, -0.15) is 0 Å². The van der Waals surface area contributed by atoms with Gasteiger partial charge in [0, 0.05) is 10.8 Å². The van der Waals surface area contributed by atoms with Gasteiger partial charge >= 0.3 is 0 Å². The van der Waals surface area contributed by atoms with E-state index in [1.54, 1.807) is 24.3 Å². The summed E-state index contributed by atoms with van der Waals surface area (Å²) in [6.45, 7) is 0. The fourth-order valence-electron chi connectivity index (χ4n) is 1.44. The predicted molar refractivity (Wildman–Crippen MR) is 57.1 cm³/mol. The van der Waals surface area contributed by atoms with Gasteiger partial charge in [0.15, 0.2) is 5.22 Å². The average molecular weight is 217 g/mol. The van der Waals surface area contributed by atoms with Crippen LogP contribution in [-0.2, 0) is 0 Å². The quantitative estimate of drug-likeness (QED) is 0.476. The Hall–Kier alpha value is -2.50. The highest BCUT2D eigenvalue weighted by molar-refractivity contribution is 5.96. The Balaban J connectivity index is 2.63. The van der Waals surface area contributed by atoms with Crippen LogP contribution in [-0.4, -0.2) is 10.1 Å². The fourth-order valence-corrected chi connectivity index (χ4v) is 1.44. The molecule has 80 valence electrons. The number of aromatic hydroxyl groups is 1. The monoisotopic (exact) mass is 217 g/mol. The SMILES string of the molecule is O=[N+]([O-])N=Nc1ccc(O)c2ccccc12. The molecular weight excluding hydrogens is 210 g/mol. The van der Waals surface area contributed by atoms with E-state index in [9.17, 15) is 15.2 Å². The standard InChI is InChI=1S/C10H7N3O3/c14-10-6-5-9(11-12-13(15)16)7-3-1-2-4-8(7)10/h1-6,14H. The van der Waals surface area contributed by atoms with Gasteiger partial charge in [0.1, 0.15) is 5.75 Å². The van der Waals surface area contributed by atoms with Gasteiger partial charge in [-0.25, -0.2) is 0 Å². The highest BCUT2D eigenvalue weighted by Gasteiger charge is 2.08. The van der Waals surface area contributed by atoms with E-state index < -0.39 is 5.03 Å². The Morgan fingerprint density at radius 3 is 2.50 bits per heavy atom. The molecule has 2 aromatic carbocycles. The number of fused-ring (bicyclic) bond motifs is 1. The van der Waals surface area contributed by atoms with E-state index in [1.807, 2.05) is 0 Å². The van der Waals surface area contributed by atoms with Crippen molar-refractivity contribution < 1.29 is 10.1 Å². The van der Waals surface area contributed by atoms with Crippen molar-refractivity contribution in [3.8, 4) is 5.75 Å². The molecule has 1 N–H and O–H groups in total. The molecule has 0 saturated carbocycles. The minimum Gasteiger partial charge on any atom is -0.507 e. The normalized spacial score (nSPS) is 11.0. The molecular formula is C10H7N3O3. The van der Waals surface area contributed by atoms with Crippen LogP contribution in [0.25, 0.3) is 10.8 Å².